The van der Waals surface area contributed by atoms with Crippen LogP contribution in [0.4, 0.5) is 4.39 Å². The summed E-state index contributed by atoms with van der Waals surface area (Å²) in [7, 11) is 1.53. The van der Waals surface area contributed by atoms with Crippen molar-refractivity contribution >= 4 is 15.9 Å². The highest BCUT2D eigenvalue weighted by Crippen LogP contribution is 2.37. The van der Waals surface area contributed by atoms with Crippen LogP contribution >= 0.6 is 15.9 Å². The van der Waals surface area contributed by atoms with Gasteiger partial charge in [0.05, 0.1) is 11.6 Å². The monoisotopic (exact) mass is 275 g/mol. The van der Waals surface area contributed by atoms with Crippen LogP contribution in [0.3, 0.4) is 0 Å². The lowest BCUT2D eigenvalue weighted by atomic mass is 9.97. The van der Waals surface area contributed by atoms with E-state index in [0.29, 0.717) is 23.4 Å². The SMILES string of the molecule is COc1c(Br)cc(C)c(F)c1C(C)CN. The van der Waals surface area contributed by atoms with E-state index >= 15 is 0 Å². The van der Waals surface area contributed by atoms with E-state index in [9.17, 15) is 4.39 Å². The fraction of sp³-hybridized carbons (Fsp3) is 0.455. The molecule has 1 rings (SSSR count). The summed E-state index contributed by atoms with van der Waals surface area (Å²) in [5.41, 5.74) is 6.70. The molecule has 0 amide bonds. The molecule has 1 atom stereocenters. The van der Waals surface area contributed by atoms with Crippen molar-refractivity contribution in [3.8, 4) is 5.75 Å². The second-order valence-electron chi connectivity index (χ2n) is 3.57. The zero-order chi connectivity index (χ0) is 11.6. The van der Waals surface area contributed by atoms with Crippen LogP contribution in [0.5, 0.6) is 5.75 Å². The largest absolute Gasteiger partial charge is 0.495 e. The Morgan fingerprint density at radius 2 is 2.20 bits per heavy atom. The second-order valence-corrected chi connectivity index (χ2v) is 4.43. The maximum Gasteiger partial charge on any atom is 0.139 e. The fourth-order valence-electron chi connectivity index (χ4n) is 1.53. The molecule has 2 nitrogen and oxygen atoms in total. The van der Waals surface area contributed by atoms with E-state index in [0.717, 1.165) is 4.47 Å². The topological polar surface area (TPSA) is 35.2 Å². The maximum absolute atomic E-state index is 13.9. The van der Waals surface area contributed by atoms with Crippen LogP contribution in [0.25, 0.3) is 0 Å². The van der Waals surface area contributed by atoms with Crippen molar-refractivity contribution < 1.29 is 9.13 Å². The maximum atomic E-state index is 13.9. The molecule has 15 heavy (non-hydrogen) atoms. The van der Waals surface area contributed by atoms with Gasteiger partial charge in [-0.15, -0.1) is 0 Å². The quantitative estimate of drug-likeness (QED) is 0.921. The third kappa shape index (κ3) is 2.32. The first kappa shape index (κ1) is 12.5. The molecule has 0 saturated carbocycles. The molecule has 2 N–H and O–H groups in total. The molecule has 0 heterocycles. The van der Waals surface area contributed by atoms with Crippen molar-refractivity contribution in [2.24, 2.45) is 5.73 Å². The van der Waals surface area contributed by atoms with Gasteiger partial charge in [0.25, 0.3) is 0 Å². The van der Waals surface area contributed by atoms with Crippen LogP contribution in [-0.2, 0) is 0 Å². The molecule has 0 radical (unpaired) electrons. The van der Waals surface area contributed by atoms with Crippen molar-refractivity contribution in [2.75, 3.05) is 13.7 Å². The number of hydrogen-bond donors (Lipinski definition) is 1. The summed E-state index contributed by atoms with van der Waals surface area (Å²) in [6, 6.07) is 1.71. The molecule has 0 saturated heterocycles. The molecule has 1 aromatic carbocycles. The van der Waals surface area contributed by atoms with Crippen LogP contribution < -0.4 is 10.5 Å². The Labute approximate surface area is 97.7 Å². The smallest absolute Gasteiger partial charge is 0.139 e. The Bertz CT molecular complexity index is 368. The Morgan fingerprint density at radius 1 is 1.60 bits per heavy atom. The Kier molecular flexibility index (Phi) is 4.11. The van der Waals surface area contributed by atoms with Gasteiger partial charge in [0.15, 0.2) is 0 Å². The van der Waals surface area contributed by atoms with Gasteiger partial charge in [-0.1, -0.05) is 6.92 Å². The highest BCUT2D eigenvalue weighted by molar-refractivity contribution is 9.10. The highest BCUT2D eigenvalue weighted by Gasteiger charge is 2.20. The summed E-state index contributed by atoms with van der Waals surface area (Å²) in [5.74, 6) is 0.250. The molecule has 0 bridgehead atoms. The first-order valence-electron chi connectivity index (χ1n) is 4.75. The minimum Gasteiger partial charge on any atom is -0.495 e. The van der Waals surface area contributed by atoms with E-state index < -0.39 is 0 Å². The first-order valence-corrected chi connectivity index (χ1v) is 5.54. The predicted molar refractivity (Wildman–Crippen MR) is 62.9 cm³/mol. The number of nitrogens with two attached hydrogens (primary N) is 1. The van der Waals surface area contributed by atoms with E-state index in [1.807, 2.05) is 6.92 Å². The normalized spacial score (nSPS) is 12.7. The van der Waals surface area contributed by atoms with E-state index in [1.165, 1.54) is 7.11 Å². The zero-order valence-corrected chi connectivity index (χ0v) is 10.7. The van der Waals surface area contributed by atoms with Crippen LogP contribution in [0, 0.1) is 12.7 Å². The van der Waals surface area contributed by atoms with Crippen molar-refractivity contribution in [1.82, 2.24) is 0 Å². The summed E-state index contributed by atoms with van der Waals surface area (Å²) in [4.78, 5) is 0. The van der Waals surface area contributed by atoms with Crippen LogP contribution in [0.2, 0.25) is 0 Å². The summed E-state index contributed by atoms with van der Waals surface area (Å²) in [6.07, 6.45) is 0. The number of methoxy groups -OCH3 is 1. The number of ether oxygens (including phenoxy) is 1. The number of rotatable bonds is 3. The van der Waals surface area contributed by atoms with E-state index in [-0.39, 0.29) is 11.7 Å². The average molecular weight is 276 g/mol. The van der Waals surface area contributed by atoms with Gasteiger partial charge in [-0.2, -0.15) is 0 Å². The molecule has 4 heteroatoms. The van der Waals surface area contributed by atoms with Gasteiger partial charge >= 0.3 is 0 Å². The molecular weight excluding hydrogens is 261 g/mol. The molecule has 0 aliphatic rings. The number of hydrogen-bond acceptors (Lipinski definition) is 2. The van der Waals surface area contributed by atoms with Gasteiger partial charge in [-0.05, 0) is 46.9 Å². The molecule has 84 valence electrons. The van der Waals surface area contributed by atoms with Crippen molar-refractivity contribution in [1.29, 1.82) is 0 Å². The average Bonchev–Trinajstić information content (AvgIpc) is 2.21. The predicted octanol–water partition coefficient (Wildman–Crippen LogP) is 2.97. The fourth-order valence-corrected chi connectivity index (χ4v) is 2.24. The lowest BCUT2D eigenvalue weighted by Gasteiger charge is -2.17. The lowest BCUT2D eigenvalue weighted by molar-refractivity contribution is 0.397. The molecular formula is C11H15BrFNO. The first-order chi connectivity index (χ1) is 7.02. The van der Waals surface area contributed by atoms with Crippen molar-refractivity contribution in [2.45, 2.75) is 19.8 Å². The molecule has 0 aliphatic heterocycles. The van der Waals surface area contributed by atoms with Gasteiger partial charge in [0.2, 0.25) is 0 Å². The molecule has 0 aromatic heterocycles. The van der Waals surface area contributed by atoms with Crippen LogP contribution in [0.1, 0.15) is 24.0 Å². The van der Waals surface area contributed by atoms with Gasteiger partial charge in [0, 0.05) is 5.56 Å². The Morgan fingerprint density at radius 3 is 2.67 bits per heavy atom. The van der Waals surface area contributed by atoms with Gasteiger partial charge in [-0.25, -0.2) is 4.39 Å². The van der Waals surface area contributed by atoms with E-state index in [1.54, 1.807) is 13.0 Å². The zero-order valence-electron chi connectivity index (χ0n) is 9.10. The molecule has 0 fully saturated rings. The van der Waals surface area contributed by atoms with Gasteiger partial charge < -0.3 is 10.5 Å². The minimum absolute atomic E-state index is 0.0591. The second kappa shape index (κ2) is 4.94. The number of benzene rings is 1. The number of halogens is 2. The minimum atomic E-state index is -0.229. The van der Waals surface area contributed by atoms with E-state index in [4.69, 9.17) is 10.5 Å². The summed E-state index contributed by atoms with van der Waals surface area (Å²) in [6.45, 7) is 4.00. The van der Waals surface area contributed by atoms with Crippen LogP contribution in [-0.4, -0.2) is 13.7 Å². The lowest BCUT2D eigenvalue weighted by Crippen LogP contribution is -2.13. The third-order valence-corrected chi connectivity index (χ3v) is 3.03. The molecule has 1 aromatic rings. The van der Waals surface area contributed by atoms with Gasteiger partial charge in [-0.3, -0.25) is 0 Å². The molecule has 0 aliphatic carbocycles. The Hall–Kier alpha value is -0.610. The molecule has 1 unspecified atom stereocenters. The van der Waals surface area contributed by atoms with Gasteiger partial charge in [0.1, 0.15) is 11.6 Å². The standard InChI is InChI=1S/C11H15BrFNO/c1-6-4-8(12)11(15-3)9(10(6)13)7(2)5-14/h4,7H,5,14H2,1-3H3. The van der Waals surface area contributed by atoms with Crippen LogP contribution in [0.15, 0.2) is 10.5 Å². The summed E-state index contributed by atoms with van der Waals surface area (Å²) in [5, 5.41) is 0. The van der Waals surface area contributed by atoms with Crippen molar-refractivity contribution in [3.05, 3.63) is 27.5 Å². The highest BCUT2D eigenvalue weighted by atomic mass is 79.9. The molecule has 0 spiro atoms. The third-order valence-electron chi connectivity index (χ3n) is 2.44. The number of aryl methyl sites for hydroxylation is 1. The Balaban J connectivity index is 3.43. The summed E-state index contributed by atoms with van der Waals surface area (Å²) < 4.78 is 19.9. The van der Waals surface area contributed by atoms with Crippen molar-refractivity contribution in [3.63, 3.8) is 0 Å². The van der Waals surface area contributed by atoms with E-state index in [2.05, 4.69) is 15.9 Å². The summed E-state index contributed by atoms with van der Waals surface area (Å²) >= 11 is 3.36.